The van der Waals surface area contributed by atoms with Gasteiger partial charge in [-0.2, -0.15) is 0 Å². The number of aryl methyl sites for hydroxylation is 3. The van der Waals surface area contributed by atoms with E-state index in [9.17, 15) is 9.59 Å². The summed E-state index contributed by atoms with van der Waals surface area (Å²) in [6.07, 6.45) is 4.08. The minimum Gasteiger partial charge on any atom is -0.481 e. The van der Waals surface area contributed by atoms with E-state index in [1.807, 2.05) is 54.4 Å². The molecule has 0 unspecified atom stereocenters. The first-order chi connectivity index (χ1) is 18.8. The number of carboxylic acid groups (broad SMARTS) is 1. The largest absolute Gasteiger partial charge is 0.481 e. The van der Waals surface area contributed by atoms with Gasteiger partial charge in [-0.1, -0.05) is 23.7 Å². The Morgan fingerprint density at radius 1 is 0.949 bits per heavy atom. The van der Waals surface area contributed by atoms with Crippen LogP contribution in [0.1, 0.15) is 41.0 Å². The first-order valence-electron chi connectivity index (χ1n) is 13.2. The number of fused-ring (bicyclic) bond motifs is 1. The number of hydrogen-bond acceptors (Lipinski definition) is 5. The molecule has 5 rings (SSSR count). The van der Waals surface area contributed by atoms with E-state index in [-0.39, 0.29) is 12.3 Å². The molecule has 3 heterocycles. The summed E-state index contributed by atoms with van der Waals surface area (Å²) in [6, 6.07) is 15.1. The van der Waals surface area contributed by atoms with Gasteiger partial charge >= 0.3 is 5.97 Å². The van der Waals surface area contributed by atoms with Crippen molar-refractivity contribution < 1.29 is 14.7 Å². The Hall–Kier alpha value is -3.91. The number of carbonyl (C=O) groups is 2. The Balaban J connectivity index is 1.36. The second kappa shape index (κ2) is 11.5. The minimum atomic E-state index is -0.805. The summed E-state index contributed by atoms with van der Waals surface area (Å²) < 4.78 is 2.11. The molecule has 2 aromatic heterocycles. The molecule has 1 N–H and O–H groups in total. The Labute approximate surface area is 232 Å². The van der Waals surface area contributed by atoms with Crippen LogP contribution in [0.2, 0.25) is 5.02 Å². The van der Waals surface area contributed by atoms with Crippen LogP contribution in [-0.4, -0.2) is 62.6 Å². The van der Waals surface area contributed by atoms with Gasteiger partial charge in [0.1, 0.15) is 0 Å². The van der Waals surface area contributed by atoms with Crippen LogP contribution in [0.15, 0.2) is 54.7 Å². The zero-order valence-electron chi connectivity index (χ0n) is 22.2. The molecule has 1 saturated heterocycles. The van der Waals surface area contributed by atoms with Crippen LogP contribution in [0.4, 0.5) is 5.69 Å². The number of piperazine rings is 1. The van der Waals surface area contributed by atoms with Gasteiger partial charge in [0.05, 0.1) is 28.1 Å². The van der Waals surface area contributed by atoms with Gasteiger partial charge in [-0.15, -0.1) is 0 Å². The van der Waals surface area contributed by atoms with Crippen LogP contribution in [0.5, 0.6) is 0 Å². The third-order valence-electron chi connectivity index (χ3n) is 7.33. The average Bonchev–Trinajstić information content (AvgIpc) is 3.28. The molecule has 4 aromatic rings. The second-order valence-electron chi connectivity index (χ2n) is 10.1. The number of rotatable bonds is 8. The molecule has 0 atom stereocenters. The lowest BCUT2D eigenvalue weighted by molar-refractivity contribution is -0.137. The smallest absolute Gasteiger partial charge is 0.303 e. The van der Waals surface area contributed by atoms with E-state index in [1.165, 1.54) is 11.4 Å². The maximum Gasteiger partial charge on any atom is 0.303 e. The Morgan fingerprint density at radius 2 is 1.69 bits per heavy atom. The van der Waals surface area contributed by atoms with Crippen LogP contribution >= 0.6 is 11.6 Å². The van der Waals surface area contributed by atoms with Gasteiger partial charge in [0.15, 0.2) is 0 Å². The lowest BCUT2D eigenvalue weighted by Gasteiger charge is -2.35. The fourth-order valence-corrected chi connectivity index (χ4v) is 5.11. The van der Waals surface area contributed by atoms with Crippen molar-refractivity contribution in [2.75, 3.05) is 31.1 Å². The van der Waals surface area contributed by atoms with E-state index in [0.717, 1.165) is 30.0 Å². The normalized spacial score (nSPS) is 13.7. The molecule has 1 amide bonds. The maximum atomic E-state index is 13.4. The van der Waals surface area contributed by atoms with Crippen molar-refractivity contribution in [1.29, 1.82) is 0 Å². The number of benzene rings is 2. The molecule has 0 saturated carbocycles. The zero-order chi connectivity index (χ0) is 27.5. The van der Waals surface area contributed by atoms with Crippen molar-refractivity contribution in [2.24, 2.45) is 7.05 Å². The summed E-state index contributed by atoms with van der Waals surface area (Å²) in [6.45, 7) is 4.97. The predicted molar refractivity (Wildman–Crippen MR) is 153 cm³/mol. The fourth-order valence-electron chi connectivity index (χ4n) is 4.98. The molecule has 0 radical (unpaired) electrons. The van der Waals surface area contributed by atoms with E-state index in [1.54, 1.807) is 0 Å². The molecular formula is C30H32ClN5O3. The van der Waals surface area contributed by atoms with Crippen LogP contribution in [-0.2, 0) is 18.3 Å². The lowest BCUT2D eigenvalue weighted by atomic mass is 10.0. The molecule has 9 heteroatoms. The van der Waals surface area contributed by atoms with E-state index in [4.69, 9.17) is 26.7 Å². The first-order valence-corrected chi connectivity index (χ1v) is 13.6. The number of hydrogen-bond donors (Lipinski definition) is 1. The predicted octanol–water partition coefficient (Wildman–Crippen LogP) is 5.36. The Kier molecular flexibility index (Phi) is 7.84. The summed E-state index contributed by atoms with van der Waals surface area (Å²) in [7, 11) is 2.04. The molecular weight excluding hydrogens is 514 g/mol. The molecule has 0 spiro atoms. The summed E-state index contributed by atoms with van der Waals surface area (Å²) in [5, 5.41) is 9.64. The number of anilines is 1. The van der Waals surface area contributed by atoms with Crippen molar-refractivity contribution >= 4 is 40.2 Å². The standard InChI is InChI=1S/C30H32ClN5O3/c1-20-17-24(19-34(20)2)35-13-15-36(16-14-35)30(39)22-9-12-25-27(18-22)32-26(5-3-4-6-28(37)38)29(33-25)21-7-10-23(31)11-8-21/h7-12,17-19H,3-6,13-16H2,1-2H3,(H,37,38). The highest BCUT2D eigenvalue weighted by atomic mass is 35.5. The summed E-state index contributed by atoms with van der Waals surface area (Å²) >= 11 is 6.09. The lowest BCUT2D eigenvalue weighted by Crippen LogP contribution is -2.48. The summed E-state index contributed by atoms with van der Waals surface area (Å²) in [5.74, 6) is -0.812. The highest BCUT2D eigenvalue weighted by Gasteiger charge is 2.24. The van der Waals surface area contributed by atoms with Crippen LogP contribution in [0, 0.1) is 6.92 Å². The number of aromatic nitrogens is 3. The summed E-state index contributed by atoms with van der Waals surface area (Å²) in [5.41, 5.74) is 6.79. The van der Waals surface area contributed by atoms with Crippen molar-refractivity contribution in [3.8, 4) is 11.3 Å². The van der Waals surface area contributed by atoms with Crippen LogP contribution in [0.25, 0.3) is 22.3 Å². The molecule has 0 aliphatic carbocycles. The van der Waals surface area contributed by atoms with Gasteiger partial charge in [0.2, 0.25) is 0 Å². The highest BCUT2D eigenvalue weighted by Crippen LogP contribution is 2.27. The molecule has 39 heavy (non-hydrogen) atoms. The molecule has 8 nitrogen and oxygen atoms in total. The van der Waals surface area contributed by atoms with Crippen molar-refractivity contribution in [2.45, 2.75) is 32.6 Å². The first kappa shape index (κ1) is 26.7. The van der Waals surface area contributed by atoms with E-state index in [0.29, 0.717) is 54.0 Å². The molecule has 1 aliphatic heterocycles. The molecule has 1 fully saturated rings. The fraction of sp³-hybridized carbons (Fsp3) is 0.333. The quantitative estimate of drug-likeness (QED) is 0.300. The number of aliphatic carboxylic acids is 1. The third kappa shape index (κ3) is 6.06. The topological polar surface area (TPSA) is 91.6 Å². The van der Waals surface area contributed by atoms with Gasteiger partial charge in [-0.3, -0.25) is 9.59 Å². The van der Waals surface area contributed by atoms with Crippen LogP contribution in [0.3, 0.4) is 0 Å². The summed E-state index contributed by atoms with van der Waals surface area (Å²) in [4.78, 5) is 38.4. The van der Waals surface area contributed by atoms with Gasteiger partial charge in [0.25, 0.3) is 5.91 Å². The average molecular weight is 546 g/mol. The van der Waals surface area contributed by atoms with Gasteiger partial charge < -0.3 is 19.5 Å². The number of nitrogens with zero attached hydrogens (tertiary/aromatic N) is 5. The van der Waals surface area contributed by atoms with Crippen molar-refractivity contribution in [1.82, 2.24) is 19.4 Å². The number of halogens is 1. The van der Waals surface area contributed by atoms with Gasteiger partial charge in [-0.05, 0) is 62.6 Å². The molecule has 2 aromatic carbocycles. The number of amides is 1. The number of carboxylic acids is 1. The minimum absolute atomic E-state index is 0.00706. The van der Waals surface area contributed by atoms with Crippen molar-refractivity contribution in [3.63, 3.8) is 0 Å². The molecule has 202 valence electrons. The van der Waals surface area contributed by atoms with E-state index < -0.39 is 5.97 Å². The number of carbonyl (C=O) groups excluding carboxylic acids is 1. The highest BCUT2D eigenvalue weighted by molar-refractivity contribution is 6.30. The van der Waals surface area contributed by atoms with E-state index in [2.05, 4.69) is 28.7 Å². The zero-order valence-corrected chi connectivity index (χ0v) is 23.0. The molecule has 1 aliphatic rings. The maximum absolute atomic E-state index is 13.4. The number of unbranched alkanes of at least 4 members (excludes halogenated alkanes) is 1. The SMILES string of the molecule is Cc1cc(N2CCN(C(=O)c3ccc4nc(-c5ccc(Cl)cc5)c(CCCCC(=O)O)nc4c3)CC2)cn1C. The monoisotopic (exact) mass is 545 g/mol. The van der Waals surface area contributed by atoms with Crippen LogP contribution < -0.4 is 4.90 Å². The molecule has 0 bridgehead atoms. The van der Waals surface area contributed by atoms with Gasteiger partial charge in [-0.25, -0.2) is 9.97 Å². The second-order valence-corrected chi connectivity index (χ2v) is 10.5. The third-order valence-corrected chi connectivity index (χ3v) is 7.58. The Bertz CT molecular complexity index is 1490. The van der Waals surface area contributed by atoms with Gasteiger partial charge in [0, 0.05) is 67.7 Å². The van der Waals surface area contributed by atoms with Crippen molar-refractivity contribution in [3.05, 3.63) is 76.7 Å². The Morgan fingerprint density at radius 3 is 2.36 bits per heavy atom. The van der Waals surface area contributed by atoms with E-state index >= 15 is 0 Å².